The van der Waals surface area contributed by atoms with E-state index in [4.69, 9.17) is 5.73 Å². The molecule has 1 saturated heterocycles. The summed E-state index contributed by atoms with van der Waals surface area (Å²) < 4.78 is 0. The Morgan fingerprint density at radius 1 is 1.53 bits per heavy atom. The number of hydrogen-bond acceptors (Lipinski definition) is 4. The fraction of sp³-hybridized carbons (Fsp3) is 0.500. The molecule has 1 amide bonds. The van der Waals surface area contributed by atoms with E-state index in [0.29, 0.717) is 12.4 Å². The summed E-state index contributed by atoms with van der Waals surface area (Å²) in [7, 11) is 1.86. The smallest absolute Gasteiger partial charge is 0.242 e. The summed E-state index contributed by atoms with van der Waals surface area (Å²) in [5.41, 5.74) is 6.58. The maximum Gasteiger partial charge on any atom is 0.242 e. The molecule has 0 radical (unpaired) electrons. The number of carbonyl (C=O) groups excluding carboxylic acids is 1. The number of rotatable bonds is 3. The third kappa shape index (κ3) is 2.67. The molecule has 1 aromatic rings. The normalized spacial score (nSPS) is 15.0. The lowest BCUT2D eigenvalue weighted by atomic mass is 10.3. The van der Waals surface area contributed by atoms with E-state index in [0.717, 1.165) is 31.6 Å². The van der Waals surface area contributed by atoms with Crippen LogP contribution in [0.1, 0.15) is 12.8 Å². The number of pyridine rings is 1. The molecule has 0 aromatic carbocycles. The Bertz CT molecular complexity index is 401. The summed E-state index contributed by atoms with van der Waals surface area (Å²) in [6.07, 6.45) is 3.88. The third-order valence-corrected chi connectivity index (χ3v) is 3.06. The second-order valence-electron chi connectivity index (χ2n) is 4.35. The van der Waals surface area contributed by atoms with Crippen LogP contribution in [0, 0.1) is 0 Å². The van der Waals surface area contributed by atoms with Crippen molar-refractivity contribution in [2.45, 2.75) is 12.8 Å². The summed E-state index contributed by atoms with van der Waals surface area (Å²) >= 11 is 0. The lowest BCUT2D eigenvalue weighted by molar-refractivity contribution is -0.128. The summed E-state index contributed by atoms with van der Waals surface area (Å²) in [5.74, 6) is 0.623. The number of nitrogens with two attached hydrogens (primary N) is 1. The number of amides is 1. The first-order chi connectivity index (χ1) is 8.18. The van der Waals surface area contributed by atoms with Gasteiger partial charge >= 0.3 is 0 Å². The fourth-order valence-corrected chi connectivity index (χ4v) is 2.09. The average Bonchev–Trinajstić information content (AvgIpc) is 2.82. The Morgan fingerprint density at radius 2 is 2.24 bits per heavy atom. The molecule has 1 aliphatic heterocycles. The van der Waals surface area contributed by atoms with Crippen LogP contribution >= 0.6 is 0 Å². The molecule has 5 nitrogen and oxygen atoms in total. The molecule has 2 N–H and O–H groups in total. The molecule has 1 aliphatic rings. The first kappa shape index (κ1) is 11.7. The van der Waals surface area contributed by atoms with E-state index < -0.39 is 0 Å². The zero-order valence-electron chi connectivity index (χ0n) is 10.1. The van der Waals surface area contributed by atoms with Gasteiger partial charge in [0, 0.05) is 26.3 Å². The number of carbonyl (C=O) groups is 1. The Morgan fingerprint density at radius 3 is 2.88 bits per heavy atom. The Kier molecular flexibility index (Phi) is 3.46. The van der Waals surface area contributed by atoms with Gasteiger partial charge in [0.25, 0.3) is 0 Å². The van der Waals surface area contributed by atoms with Gasteiger partial charge in [-0.1, -0.05) is 0 Å². The number of aromatic nitrogens is 1. The van der Waals surface area contributed by atoms with Crippen LogP contribution in [-0.2, 0) is 4.79 Å². The first-order valence-electron chi connectivity index (χ1n) is 5.88. The van der Waals surface area contributed by atoms with Gasteiger partial charge in [0.15, 0.2) is 0 Å². The van der Waals surface area contributed by atoms with E-state index in [9.17, 15) is 4.79 Å². The van der Waals surface area contributed by atoms with Crippen LogP contribution in [0.4, 0.5) is 11.5 Å². The van der Waals surface area contributed by atoms with Crippen molar-refractivity contribution in [2.24, 2.45) is 0 Å². The molecular formula is C12H18N4O. The predicted molar refractivity (Wildman–Crippen MR) is 67.7 cm³/mol. The molecule has 0 spiro atoms. The monoisotopic (exact) mass is 234 g/mol. The molecule has 0 aliphatic carbocycles. The van der Waals surface area contributed by atoms with Crippen LogP contribution in [0.25, 0.3) is 0 Å². The van der Waals surface area contributed by atoms with Crippen LogP contribution < -0.4 is 10.6 Å². The highest BCUT2D eigenvalue weighted by Gasteiger charge is 2.19. The van der Waals surface area contributed by atoms with Gasteiger partial charge in [-0.15, -0.1) is 0 Å². The van der Waals surface area contributed by atoms with Crippen LogP contribution in [0.2, 0.25) is 0 Å². The lowest BCUT2D eigenvalue weighted by Gasteiger charge is -2.23. The van der Waals surface area contributed by atoms with Gasteiger partial charge in [-0.2, -0.15) is 0 Å². The zero-order chi connectivity index (χ0) is 12.3. The maximum absolute atomic E-state index is 12.0. The standard InChI is InChI=1S/C12H18N4O/c1-15(10-5-4-6-14-12(10)13)9-11(17)16-7-2-3-8-16/h4-6H,2-3,7-9H2,1H3,(H2,13,14). The topological polar surface area (TPSA) is 62.5 Å². The summed E-state index contributed by atoms with van der Waals surface area (Å²) in [6, 6.07) is 3.70. The quantitative estimate of drug-likeness (QED) is 0.837. The van der Waals surface area contributed by atoms with Crippen LogP contribution in [-0.4, -0.2) is 42.5 Å². The van der Waals surface area contributed by atoms with E-state index in [2.05, 4.69) is 4.98 Å². The number of nitrogen functional groups attached to an aromatic ring is 1. The Hall–Kier alpha value is -1.78. The largest absolute Gasteiger partial charge is 0.382 e. The van der Waals surface area contributed by atoms with Crippen LogP contribution in [0.15, 0.2) is 18.3 Å². The second-order valence-corrected chi connectivity index (χ2v) is 4.35. The van der Waals surface area contributed by atoms with Crippen molar-refractivity contribution in [3.63, 3.8) is 0 Å². The SMILES string of the molecule is CN(CC(=O)N1CCCC1)c1cccnc1N. The van der Waals surface area contributed by atoms with Gasteiger partial charge in [0.1, 0.15) is 5.82 Å². The predicted octanol–water partition coefficient (Wildman–Crippen LogP) is 0.722. The molecule has 0 unspecified atom stereocenters. The molecule has 0 atom stereocenters. The van der Waals surface area contributed by atoms with E-state index in [1.807, 2.05) is 29.0 Å². The highest BCUT2D eigenvalue weighted by atomic mass is 16.2. The van der Waals surface area contributed by atoms with Gasteiger partial charge in [0.2, 0.25) is 5.91 Å². The van der Waals surface area contributed by atoms with Crippen molar-refractivity contribution < 1.29 is 4.79 Å². The van der Waals surface area contributed by atoms with Crippen LogP contribution in [0.5, 0.6) is 0 Å². The molecule has 92 valence electrons. The molecular weight excluding hydrogens is 216 g/mol. The highest BCUT2D eigenvalue weighted by Crippen LogP contribution is 2.18. The van der Waals surface area contributed by atoms with Crippen molar-refractivity contribution in [3.8, 4) is 0 Å². The van der Waals surface area contributed by atoms with Gasteiger partial charge in [0.05, 0.1) is 12.2 Å². The van der Waals surface area contributed by atoms with Crippen LogP contribution in [0.3, 0.4) is 0 Å². The first-order valence-corrected chi connectivity index (χ1v) is 5.88. The number of nitrogens with zero attached hydrogens (tertiary/aromatic N) is 3. The molecule has 2 rings (SSSR count). The van der Waals surface area contributed by atoms with Gasteiger partial charge < -0.3 is 15.5 Å². The minimum atomic E-state index is 0.160. The molecule has 0 saturated carbocycles. The second kappa shape index (κ2) is 5.03. The number of anilines is 2. The van der Waals surface area contributed by atoms with Crippen molar-refractivity contribution in [3.05, 3.63) is 18.3 Å². The minimum Gasteiger partial charge on any atom is -0.382 e. The van der Waals surface area contributed by atoms with Crippen molar-refractivity contribution >= 4 is 17.4 Å². The van der Waals surface area contributed by atoms with E-state index in [1.165, 1.54) is 0 Å². The summed E-state index contributed by atoms with van der Waals surface area (Å²) in [4.78, 5) is 19.7. The van der Waals surface area contributed by atoms with Crippen molar-refractivity contribution in [1.82, 2.24) is 9.88 Å². The summed E-state index contributed by atoms with van der Waals surface area (Å²) in [6.45, 7) is 2.13. The van der Waals surface area contributed by atoms with E-state index >= 15 is 0 Å². The number of hydrogen-bond donors (Lipinski definition) is 1. The molecule has 0 bridgehead atoms. The van der Waals surface area contributed by atoms with E-state index in [-0.39, 0.29) is 5.91 Å². The summed E-state index contributed by atoms with van der Waals surface area (Å²) in [5, 5.41) is 0. The molecule has 17 heavy (non-hydrogen) atoms. The van der Waals surface area contributed by atoms with Crippen molar-refractivity contribution in [1.29, 1.82) is 0 Å². The Balaban J connectivity index is 1.99. The average molecular weight is 234 g/mol. The Labute approximate surface area is 101 Å². The van der Waals surface area contributed by atoms with Gasteiger partial charge in [-0.05, 0) is 25.0 Å². The fourth-order valence-electron chi connectivity index (χ4n) is 2.09. The van der Waals surface area contributed by atoms with E-state index in [1.54, 1.807) is 6.20 Å². The molecule has 1 fully saturated rings. The zero-order valence-corrected chi connectivity index (χ0v) is 10.1. The molecule has 1 aromatic heterocycles. The number of likely N-dealkylation sites (N-methyl/N-ethyl adjacent to an activating group) is 1. The van der Waals surface area contributed by atoms with Crippen molar-refractivity contribution in [2.75, 3.05) is 37.3 Å². The lowest BCUT2D eigenvalue weighted by Crippen LogP contribution is -2.37. The maximum atomic E-state index is 12.0. The number of likely N-dealkylation sites (tertiary alicyclic amines) is 1. The van der Waals surface area contributed by atoms with Gasteiger partial charge in [-0.25, -0.2) is 4.98 Å². The third-order valence-electron chi connectivity index (χ3n) is 3.06. The molecule has 2 heterocycles. The minimum absolute atomic E-state index is 0.160. The molecule has 5 heteroatoms. The van der Waals surface area contributed by atoms with Gasteiger partial charge in [-0.3, -0.25) is 4.79 Å². The highest BCUT2D eigenvalue weighted by molar-refractivity contribution is 5.82.